The van der Waals surface area contributed by atoms with Gasteiger partial charge in [-0.1, -0.05) is 0 Å². The lowest BCUT2D eigenvalue weighted by atomic mass is 10.1. The Labute approximate surface area is 180 Å². The van der Waals surface area contributed by atoms with Crippen LogP contribution in [-0.2, 0) is 0 Å². The fourth-order valence-corrected chi connectivity index (χ4v) is 4.63. The van der Waals surface area contributed by atoms with Crippen molar-refractivity contribution in [3.05, 3.63) is 36.0 Å². The average Bonchev–Trinajstić information content (AvgIpc) is 3.15. The zero-order valence-corrected chi connectivity index (χ0v) is 17.1. The van der Waals surface area contributed by atoms with Crippen molar-refractivity contribution < 1.29 is 13.5 Å². The summed E-state index contributed by atoms with van der Waals surface area (Å²) < 4.78 is 35.2. The van der Waals surface area contributed by atoms with Crippen LogP contribution in [0.1, 0.15) is 0 Å². The Kier molecular flexibility index (Phi) is 3.94. The summed E-state index contributed by atoms with van der Waals surface area (Å²) in [6.07, 6.45) is 1.46. The van der Waals surface area contributed by atoms with Gasteiger partial charge in [0.2, 0.25) is 0 Å². The van der Waals surface area contributed by atoms with Crippen LogP contribution in [0.4, 0.5) is 26.1 Å². The first kappa shape index (κ1) is 19.0. The van der Waals surface area contributed by atoms with Crippen molar-refractivity contribution in [2.45, 2.75) is 6.04 Å². The summed E-state index contributed by atoms with van der Waals surface area (Å²) in [5.41, 5.74) is 12.9. The molecule has 2 atom stereocenters. The number of anilines is 3. The molecule has 32 heavy (non-hydrogen) atoms. The molecule has 2 fully saturated rings. The molecule has 0 bridgehead atoms. The van der Waals surface area contributed by atoms with Crippen LogP contribution in [0.5, 0.6) is 11.8 Å². The third-order valence-electron chi connectivity index (χ3n) is 6.38. The van der Waals surface area contributed by atoms with Crippen LogP contribution in [0, 0.1) is 23.5 Å². The summed E-state index contributed by atoms with van der Waals surface area (Å²) in [5.74, 6) is 0.0666. The first-order chi connectivity index (χ1) is 15.4. The fourth-order valence-electron chi connectivity index (χ4n) is 4.63. The van der Waals surface area contributed by atoms with E-state index in [1.807, 2.05) is 4.90 Å². The smallest absolute Gasteiger partial charge is 0.326 e. The number of halogens is 2. The molecule has 9 nitrogen and oxygen atoms in total. The molecule has 0 spiro atoms. The molecule has 1 saturated carbocycles. The van der Waals surface area contributed by atoms with Gasteiger partial charge in [0.05, 0.1) is 28.2 Å². The van der Waals surface area contributed by atoms with Gasteiger partial charge in [-0.2, -0.15) is 9.97 Å². The molecule has 4 heterocycles. The Balaban J connectivity index is 1.56. The minimum absolute atomic E-state index is 0.0578. The van der Waals surface area contributed by atoms with Crippen molar-refractivity contribution in [3.8, 4) is 11.8 Å². The van der Waals surface area contributed by atoms with E-state index in [1.165, 1.54) is 6.20 Å². The number of nitrogens with two attached hydrogens (primary N) is 2. The number of nitrogen functional groups attached to an aromatic ring is 1. The molecule has 2 unspecified atom stereocenters. The molecule has 4 aromatic rings. The van der Waals surface area contributed by atoms with Gasteiger partial charge in [0, 0.05) is 32.2 Å². The Morgan fingerprint density at radius 1 is 1.19 bits per heavy atom. The van der Waals surface area contributed by atoms with E-state index >= 15 is 4.39 Å². The normalized spacial score (nSPS) is 21.9. The maximum Gasteiger partial charge on any atom is 0.326 e. The van der Waals surface area contributed by atoms with Crippen LogP contribution in [0.25, 0.3) is 21.9 Å². The summed E-state index contributed by atoms with van der Waals surface area (Å²) in [6.45, 7) is 1.37. The highest BCUT2D eigenvalue weighted by Crippen LogP contribution is 2.47. The van der Waals surface area contributed by atoms with E-state index in [2.05, 4.69) is 25.3 Å². The van der Waals surface area contributed by atoms with Crippen molar-refractivity contribution in [1.29, 1.82) is 0 Å². The standard InChI is InChI=1S/C21H20F2N8O/c1-26-12-4-11(22)16(23)14-15-19(28-18(12)14)29-21(32-8-2-3-13(24)27-5-8)30-20(15)31-6-9-10(7-31)17(9)25/h2-5,9-10,17,26H,6-7,25H2,1H3,(H2,24,27)(H,28,29,30). The third kappa shape index (κ3) is 2.74. The lowest BCUT2D eigenvalue weighted by Crippen LogP contribution is -2.29. The van der Waals surface area contributed by atoms with Crippen LogP contribution in [0.2, 0.25) is 0 Å². The summed E-state index contributed by atoms with van der Waals surface area (Å²) in [5, 5.41) is 3.41. The lowest BCUT2D eigenvalue weighted by molar-refractivity contribution is 0.442. The zero-order valence-electron chi connectivity index (χ0n) is 17.1. The monoisotopic (exact) mass is 438 g/mol. The molecule has 1 aliphatic heterocycles. The van der Waals surface area contributed by atoms with Crippen LogP contribution in [0.3, 0.4) is 0 Å². The molecule has 1 saturated heterocycles. The summed E-state index contributed by atoms with van der Waals surface area (Å²) in [4.78, 5) is 18.2. The Bertz CT molecular complexity index is 1360. The van der Waals surface area contributed by atoms with Gasteiger partial charge in [-0.25, -0.2) is 13.8 Å². The predicted molar refractivity (Wildman–Crippen MR) is 117 cm³/mol. The number of nitrogens with one attached hydrogen (secondary N) is 2. The minimum Gasteiger partial charge on any atom is -0.423 e. The van der Waals surface area contributed by atoms with Gasteiger partial charge in [-0.3, -0.25) is 0 Å². The van der Waals surface area contributed by atoms with Crippen LogP contribution in [-0.4, -0.2) is 46.1 Å². The number of benzene rings is 1. The van der Waals surface area contributed by atoms with Crippen molar-refractivity contribution >= 4 is 39.3 Å². The molecular weight excluding hydrogens is 418 g/mol. The second kappa shape index (κ2) is 6.63. The Hall–Kier alpha value is -3.73. The Morgan fingerprint density at radius 2 is 1.97 bits per heavy atom. The predicted octanol–water partition coefficient (Wildman–Crippen LogP) is 2.59. The summed E-state index contributed by atoms with van der Waals surface area (Å²) >= 11 is 0. The van der Waals surface area contributed by atoms with Crippen LogP contribution >= 0.6 is 0 Å². The molecule has 2 aliphatic rings. The molecule has 1 aliphatic carbocycles. The number of hydrogen-bond donors (Lipinski definition) is 4. The zero-order chi connectivity index (χ0) is 22.1. The van der Waals surface area contributed by atoms with Crippen molar-refractivity contribution in [2.24, 2.45) is 17.6 Å². The number of hydrogen-bond acceptors (Lipinski definition) is 8. The van der Waals surface area contributed by atoms with Crippen molar-refractivity contribution in [3.63, 3.8) is 0 Å². The van der Waals surface area contributed by atoms with E-state index in [0.717, 1.165) is 6.07 Å². The highest BCUT2D eigenvalue weighted by Gasteiger charge is 2.54. The van der Waals surface area contributed by atoms with Crippen LogP contribution < -0.4 is 26.4 Å². The second-order valence-corrected chi connectivity index (χ2v) is 8.23. The lowest BCUT2D eigenvalue weighted by Gasteiger charge is -2.21. The third-order valence-corrected chi connectivity index (χ3v) is 6.38. The highest BCUT2D eigenvalue weighted by molar-refractivity contribution is 6.15. The van der Waals surface area contributed by atoms with Gasteiger partial charge in [-0.05, 0) is 24.0 Å². The van der Waals surface area contributed by atoms with Crippen molar-refractivity contribution in [2.75, 3.05) is 36.1 Å². The van der Waals surface area contributed by atoms with E-state index in [0.29, 0.717) is 64.5 Å². The van der Waals surface area contributed by atoms with E-state index in [1.54, 1.807) is 19.2 Å². The maximum absolute atomic E-state index is 15.0. The van der Waals surface area contributed by atoms with Gasteiger partial charge in [0.25, 0.3) is 0 Å². The SMILES string of the molecule is CNc1cc(F)c(F)c2c1[nH]c1nc(Oc3ccc(N)nc3)nc(N3CC4C(N)C4C3)c12. The van der Waals surface area contributed by atoms with E-state index < -0.39 is 11.6 Å². The molecule has 0 amide bonds. The molecule has 1 aromatic carbocycles. The highest BCUT2D eigenvalue weighted by atomic mass is 19.2. The molecule has 3 aromatic heterocycles. The summed E-state index contributed by atoms with van der Waals surface area (Å²) in [6, 6.07) is 4.60. The first-order valence-corrected chi connectivity index (χ1v) is 10.2. The average molecular weight is 438 g/mol. The minimum atomic E-state index is -0.951. The summed E-state index contributed by atoms with van der Waals surface area (Å²) in [7, 11) is 1.64. The molecule has 6 N–H and O–H groups in total. The number of aromatic nitrogens is 4. The van der Waals surface area contributed by atoms with Crippen LogP contribution in [0.15, 0.2) is 24.4 Å². The molecule has 0 radical (unpaired) electrons. The number of rotatable bonds is 4. The van der Waals surface area contributed by atoms with E-state index in [4.69, 9.17) is 16.2 Å². The van der Waals surface area contributed by atoms with E-state index in [-0.39, 0.29) is 17.4 Å². The number of fused-ring (bicyclic) bond motifs is 4. The topological polar surface area (TPSA) is 131 Å². The number of ether oxygens (including phenoxy) is 1. The van der Waals surface area contributed by atoms with Gasteiger partial charge < -0.3 is 31.4 Å². The second-order valence-electron chi connectivity index (χ2n) is 8.23. The molecule has 6 rings (SSSR count). The van der Waals surface area contributed by atoms with Crippen molar-refractivity contribution in [1.82, 2.24) is 19.9 Å². The number of pyridine rings is 1. The largest absolute Gasteiger partial charge is 0.423 e. The molecule has 164 valence electrons. The van der Waals surface area contributed by atoms with Gasteiger partial charge in [0.15, 0.2) is 11.6 Å². The molecular formula is C21H20F2N8O. The first-order valence-electron chi connectivity index (χ1n) is 10.2. The Morgan fingerprint density at radius 3 is 2.66 bits per heavy atom. The number of nitrogens with zero attached hydrogens (tertiary/aromatic N) is 4. The van der Waals surface area contributed by atoms with Gasteiger partial charge in [0.1, 0.15) is 23.0 Å². The molecule has 11 heteroatoms. The number of H-pyrrole nitrogens is 1. The fraction of sp³-hybridized carbons (Fsp3) is 0.286. The van der Waals surface area contributed by atoms with Gasteiger partial charge >= 0.3 is 6.01 Å². The quantitative estimate of drug-likeness (QED) is 0.382. The van der Waals surface area contributed by atoms with E-state index in [9.17, 15) is 4.39 Å². The number of aromatic amines is 1. The maximum atomic E-state index is 15.0. The number of piperidine rings is 1. The van der Waals surface area contributed by atoms with Gasteiger partial charge in [-0.15, -0.1) is 0 Å².